The summed E-state index contributed by atoms with van der Waals surface area (Å²) >= 11 is 5.78. The number of esters is 1. The van der Waals surface area contributed by atoms with E-state index in [0.717, 1.165) is 5.56 Å². The zero-order valence-electron chi connectivity index (χ0n) is 11.7. The molecule has 1 aromatic rings. The molecule has 0 aliphatic heterocycles. The number of carbonyl (C=O) groups excluding carboxylic acids is 2. The summed E-state index contributed by atoms with van der Waals surface area (Å²) in [4.78, 5) is 24.5. The van der Waals surface area contributed by atoms with Gasteiger partial charge in [0, 0.05) is 11.6 Å². The average molecular weight is 299 g/mol. The van der Waals surface area contributed by atoms with E-state index in [4.69, 9.17) is 16.3 Å². The molecule has 110 valence electrons. The SMILES string of the molecule is CCOC(=O)CN(C)CC(=O)NCc1ccc(Cl)cc1. The van der Waals surface area contributed by atoms with Crippen LogP contribution in [0.3, 0.4) is 0 Å². The topological polar surface area (TPSA) is 58.6 Å². The average Bonchev–Trinajstić information content (AvgIpc) is 2.38. The van der Waals surface area contributed by atoms with E-state index in [1.165, 1.54) is 0 Å². The molecule has 5 nitrogen and oxygen atoms in total. The monoisotopic (exact) mass is 298 g/mol. The summed E-state index contributed by atoms with van der Waals surface area (Å²) < 4.78 is 4.81. The zero-order valence-corrected chi connectivity index (χ0v) is 12.4. The fourth-order valence-electron chi connectivity index (χ4n) is 1.59. The third-order valence-electron chi connectivity index (χ3n) is 2.52. The van der Waals surface area contributed by atoms with Crippen molar-refractivity contribution in [2.75, 3.05) is 26.7 Å². The second-order valence-corrected chi connectivity index (χ2v) is 4.82. The van der Waals surface area contributed by atoms with Crippen LogP contribution in [0.15, 0.2) is 24.3 Å². The van der Waals surface area contributed by atoms with E-state index >= 15 is 0 Å². The Balaban J connectivity index is 2.29. The first kappa shape index (κ1) is 16.5. The van der Waals surface area contributed by atoms with Gasteiger partial charge in [-0.2, -0.15) is 0 Å². The number of carbonyl (C=O) groups is 2. The number of halogens is 1. The molecule has 0 aliphatic carbocycles. The van der Waals surface area contributed by atoms with Crippen LogP contribution in [0.4, 0.5) is 0 Å². The third-order valence-corrected chi connectivity index (χ3v) is 2.77. The van der Waals surface area contributed by atoms with Gasteiger partial charge in [-0.15, -0.1) is 0 Å². The molecule has 0 aliphatic rings. The number of benzene rings is 1. The lowest BCUT2D eigenvalue weighted by molar-refractivity contribution is -0.144. The minimum Gasteiger partial charge on any atom is -0.465 e. The van der Waals surface area contributed by atoms with Gasteiger partial charge in [0.1, 0.15) is 0 Å². The Hall–Kier alpha value is -1.59. The Morgan fingerprint density at radius 3 is 2.50 bits per heavy atom. The van der Waals surface area contributed by atoms with Gasteiger partial charge in [-0.05, 0) is 31.7 Å². The molecule has 1 N–H and O–H groups in total. The predicted octanol–water partition coefficient (Wildman–Crippen LogP) is 1.45. The summed E-state index contributed by atoms with van der Waals surface area (Å²) in [5.41, 5.74) is 0.968. The second kappa shape index (κ2) is 8.55. The summed E-state index contributed by atoms with van der Waals surface area (Å²) in [7, 11) is 1.69. The van der Waals surface area contributed by atoms with Gasteiger partial charge in [0.2, 0.25) is 5.91 Å². The maximum Gasteiger partial charge on any atom is 0.320 e. The van der Waals surface area contributed by atoms with Crippen LogP contribution in [-0.4, -0.2) is 43.5 Å². The highest BCUT2D eigenvalue weighted by atomic mass is 35.5. The molecule has 1 rings (SSSR count). The number of likely N-dealkylation sites (N-methyl/N-ethyl adjacent to an activating group) is 1. The largest absolute Gasteiger partial charge is 0.465 e. The van der Waals surface area contributed by atoms with Crippen LogP contribution in [0, 0.1) is 0 Å². The summed E-state index contributed by atoms with van der Waals surface area (Å²) in [6, 6.07) is 7.25. The van der Waals surface area contributed by atoms with Crippen LogP contribution in [-0.2, 0) is 20.9 Å². The number of nitrogens with zero attached hydrogens (tertiary/aromatic N) is 1. The molecule has 0 heterocycles. The number of amides is 1. The molecule has 1 amide bonds. The Bertz CT molecular complexity index is 448. The quantitative estimate of drug-likeness (QED) is 0.774. The summed E-state index contributed by atoms with van der Waals surface area (Å²) in [6.45, 7) is 2.77. The smallest absolute Gasteiger partial charge is 0.320 e. The molecule has 0 aromatic heterocycles. The number of rotatable bonds is 7. The Labute approximate surface area is 123 Å². The Kier molecular flexibility index (Phi) is 7.04. The van der Waals surface area contributed by atoms with E-state index in [1.807, 2.05) is 12.1 Å². The number of ether oxygens (including phenoxy) is 1. The molecule has 6 heteroatoms. The lowest BCUT2D eigenvalue weighted by atomic mass is 10.2. The predicted molar refractivity (Wildman–Crippen MR) is 77.4 cm³/mol. The van der Waals surface area contributed by atoms with Crippen LogP contribution in [0.25, 0.3) is 0 Å². The highest BCUT2D eigenvalue weighted by Crippen LogP contribution is 2.08. The summed E-state index contributed by atoms with van der Waals surface area (Å²) in [5.74, 6) is -0.479. The number of nitrogens with one attached hydrogen (secondary N) is 1. The summed E-state index contributed by atoms with van der Waals surface area (Å²) in [5, 5.41) is 3.44. The molecule has 20 heavy (non-hydrogen) atoms. The Morgan fingerprint density at radius 2 is 1.90 bits per heavy atom. The fourth-order valence-corrected chi connectivity index (χ4v) is 1.71. The lowest BCUT2D eigenvalue weighted by Crippen LogP contribution is -2.37. The third kappa shape index (κ3) is 6.54. The van der Waals surface area contributed by atoms with E-state index in [0.29, 0.717) is 18.2 Å². The van der Waals surface area contributed by atoms with Gasteiger partial charge in [-0.1, -0.05) is 23.7 Å². The van der Waals surface area contributed by atoms with Crippen molar-refractivity contribution < 1.29 is 14.3 Å². The van der Waals surface area contributed by atoms with Crippen molar-refractivity contribution in [1.29, 1.82) is 0 Å². The van der Waals surface area contributed by atoms with E-state index in [-0.39, 0.29) is 25.0 Å². The highest BCUT2D eigenvalue weighted by molar-refractivity contribution is 6.30. The molecule has 1 aromatic carbocycles. The van der Waals surface area contributed by atoms with E-state index in [9.17, 15) is 9.59 Å². The standard InChI is InChI=1S/C14H19ClN2O3/c1-3-20-14(19)10-17(2)9-13(18)16-8-11-4-6-12(15)7-5-11/h4-7H,3,8-10H2,1-2H3,(H,16,18). The van der Waals surface area contributed by atoms with E-state index in [1.54, 1.807) is 31.0 Å². The molecule has 0 bridgehead atoms. The van der Waals surface area contributed by atoms with Crippen molar-refractivity contribution in [2.45, 2.75) is 13.5 Å². The highest BCUT2D eigenvalue weighted by Gasteiger charge is 2.10. The van der Waals surface area contributed by atoms with Crippen molar-refractivity contribution in [2.24, 2.45) is 0 Å². The van der Waals surface area contributed by atoms with Crippen LogP contribution >= 0.6 is 11.6 Å². The van der Waals surface area contributed by atoms with Gasteiger partial charge in [-0.25, -0.2) is 0 Å². The molecule has 0 radical (unpaired) electrons. The van der Waals surface area contributed by atoms with Gasteiger partial charge >= 0.3 is 5.97 Å². The molecule has 0 atom stereocenters. The van der Waals surface area contributed by atoms with Crippen LogP contribution in [0.5, 0.6) is 0 Å². The maximum absolute atomic E-state index is 11.7. The van der Waals surface area contributed by atoms with Gasteiger partial charge in [0.25, 0.3) is 0 Å². The molecule has 0 spiro atoms. The first-order chi connectivity index (χ1) is 9.51. The molecule has 0 fully saturated rings. The molecule has 0 unspecified atom stereocenters. The second-order valence-electron chi connectivity index (χ2n) is 4.38. The minimum atomic E-state index is -0.333. The van der Waals surface area contributed by atoms with Crippen LogP contribution < -0.4 is 5.32 Å². The van der Waals surface area contributed by atoms with Crippen molar-refractivity contribution >= 4 is 23.5 Å². The van der Waals surface area contributed by atoms with Crippen molar-refractivity contribution in [3.8, 4) is 0 Å². The normalized spacial score (nSPS) is 10.4. The number of hydrogen-bond donors (Lipinski definition) is 1. The van der Waals surface area contributed by atoms with E-state index in [2.05, 4.69) is 5.32 Å². The molecule has 0 saturated heterocycles. The number of hydrogen-bond acceptors (Lipinski definition) is 4. The molecular formula is C14H19ClN2O3. The first-order valence-corrected chi connectivity index (χ1v) is 6.74. The van der Waals surface area contributed by atoms with Gasteiger partial charge in [0.15, 0.2) is 0 Å². The van der Waals surface area contributed by atoms with Crippen molar-refractivity contribution in [3.05, 3.63) is 34.9 Å². The molecular weight excluding hydrogens is 280 g/mol. The van der Waals surface area contributed by atoms with Crippen LogP contribution in [0.2, 0.25) is 5.02 Å². The van der Waals surface area contributed by atoms with E-state index < -0.39 is 0 Å². The van der Waals surface area contributed by atoms with Gasteiger partial charge in [0.05, 0.1) is 19.7 Å². The fraction of sp³-hybridized carbons (Fsp3) is 0.429. The van der Waals surface area contributed by atoms with Gasteiger partial charge in [-0.3, -0.25) is 14.5 Å². The summed E-state index contributed by atoms with van der Waals surface area (Å²) in [6.07, 6.45) is 0. The minimum absolute atomic E-state index is 0.0994. The van der Waals surface area contributed by atoms with Crippen molar-refractivity contribution in [3.63, 3.8) is 0 Å². The maximum atomic E-state index is 11.7. The lowest BCUT2D eigenvalue weighted by Gasteiger charge is -2.15. The van der Waals surface area contributed by atoms with Gasteiger partial charge < -0.3 is 10.1 Å². The van der Waals surface area contributed by atoms with Crippen molar-refractivity contribution in [1.82, 2.24) is 10.2 Å². The first-order valence-electron chi connectivity index (χ1n) is 6.36. The van der Waals surface area contributed by atoms with Crippen LogP contribution in [0.1, 0.15) is 12.5 Å². The Morgan fingerprint density at radius 1 is 1.25 bits per heavy atom. The molecule has 0 saturated carbocycles. The zero-order chi connectivity index (χ0) is 15.0.